The number of aromatic nitrogens is 8. The minimum absolute atomic E-state index is 0.000128. The number of ether oxygens (including phenoxy) is 10. The molecule has 2 aliphatic heterocycles. The molecular weight excluding hydrogens is 1280 g/mol. The number of rotatable bonds is 31. The Kier molecular flexibility index (Phi) is 23.5. The summed E-state index contributed by atoms with van der Waals surface area (Å²) in [5.74, 6) is 0.476. The maximum Gasteiger partial charge on any atom is 0.509 e. The molecule has 9 rings (SSSR count). The number of hydrogen-bond donors (Lipinski definition) is 2. The normalized spacial score (nSPS) is 20.1. The van der Waals surface area contributed by atoms with Crippen molar-refractivity contribution >= 4 is 74.6 Å². The van der Waals surface area contributed by atoms with Crippen LogP contribution in [0.1, 0.15) is 49.9 Å². The number of carbonyl (C=O) groups excluding carboxylic acids is 4. The first-order valence-corrected chi connectivity index (χ1v) is 34.5. The number of amides is 2. The molecule has 2 amide bonds. The van der Waals surface area contributed by atoms with Crippen molar-refractivity contribution in [2.45, 2.75) is 93.6 Å². The van der Waals surface area contributed by atoms with Gasteiger partial charge < -0.3 is 51.8 Å². The van der Waals surface area contributed by atoms with Gasteiger partial charge in [0.05, 0.1) is 39.6 Å². The number of carbonyl (C=O) groups is 4. The van der Waals surface area contributed by atoms with Gasteiger partial charge in [0.15, 0.2) is 66.9 Å². The predicted molar refractivity (Wildman–Crippen MR) is 350 cm³/mol. The van der Waals surface area contributed by atoms with Crippen LogP contribution in [0, 0.1) is 0 Å². The zero-order valence-electron chi connectivity index (χ0n) is 53.7. The van der Waals surface area contributed by atoms with Gasteiger partial charge in [0, 0.05) is 0 Å². The highest BCUT2D eigenvalue weighted by Gasteiger charge is 2.57. The van der Waals surface area contributed by atoms with Crippen LogP contribution in [-0.4, -0.2) is 162 Å². The van der Waals surface area contributed by atoms with Crippen molar-refractivity contribution < 1.29 is 89.1 Å². The summed E-state index contributed by atoms with van der Waals surface area (Å²) in [4.78, 5) is 79.5. The van der Waals surface area contributed by atoms with Crippen molar-refractivity contribution in [2.24, 2.45) is 0 Å². The molecule has 0 spiro atoms. The van der Waals surface area contributed by atoms with Crippen molar-refractivity contribution in [1.29, 1.82) is 0 Å². The van der Waals surface area contributed by atoms with E-state index in [1.165, 1.54) is 58.5 Å². The van der Waals surface area contributed by atoms with Gasteiger partial charge in [-0.1, -0.05) is 150 Å². The molecule has 2 aliphatic rings. The summed E-state index contributed by atoms with van der Waals surface area (Å²) in [6, 6.07) is 26.8. The monoisotopic (exact) mass is 1360 g/mol. The Morgan fingerprint density at radius 3 is 1.51 bits per heavy atom. The van der Waals surface area contributed by atoms with Crippen LogP contribution in [0.3, 0.4) is 0 Å². The van der Waals surface area contributed by atoms with Gasteiger partial charge in [-0.2, -0.15) is 0 Å². The molecule has 6 heterocycles. The molecule has 508 valence electrons. The number of hydrogen-bond acceptors (Lipinski definition) is 25. The summed E-state index contributed by atoms with van der Waals surface area (Å²) < 4.78 is 105. The third-order valence-electron chi connectivity index (χ3n) is 15.6. The molecule has 7 aromatic rings. The highest BCUT2D eigenvalue weighted by Crippen LogP contribution is 2.56. The Bertz CT molecular complexity index is 3890. The average molecular weight is 1360 g/mol. The van der Waals surface area contributed by atoms with Gasteiger partial charge in [-0.15, -0.1) is 6.58 Å². The van der Waals surface area contributed by atoms with Gasteiger partial charge in [0.2, 0.25) is 0 Å². The molecule has 4 aromatic heterocycles. The Morgan fingerprint density at radius 2 is 1.03 bits per heavy atom. The lowest BCUT2D eigenvalue weighted by molar-refractivity contribution is -0.0933. The highest BCUT2D eigenvalue weighted by atomic mass is 31.2. The van der Waals surface area contributed by atoms with Gasteiger partial charge in [-0.3, -0.25) is 33.3 Å². The quantitative estimate of drug-likeness (QED) is 0.0102. The SMILES string of the molecule is C=CCOC(=O)Nc1ncnc2c1ncn2[C@@H]1O[C@H](COP(=O)(OCC=C)O[C@@H]2[C@H](O[Si](C)(C)C(C)(C)C)[C@@H](COC(c3ccccc3)(c3ccccc3)c3ccc(OC)cc3)O[C@H]2n2cnc3c(NC(=O)OCC=C)ncnc32)[C@@H](OC(=O)OCC=C)[C@H]1OC(=O)OCC=C. The highest BCUT2D eigenvalue weighted by molar-refractivity contribution is 7.48. The van der Waals surface area contributed by atoms with Crippen LogP contribution in [0.5, 0.6) is 5.75 Å². The summed E-state index contributed by atoms with van der Waals surface area (Å²) in [7, 11) is -6.62. The minimum Gasteiger partial charge on any atom is -0.497 e. The molecule has 29 nitrogen and oxygen atoms in total. The Morgan fingerprint density at radius 1 is 0.573 bits per heavy atom. The summed E-state index contributed by atoms with van der Waals surface area (Å²) in [6.07, 6.45) is -4.64. The number of anilines is 2. The number of benzene rings is 3. The molecule has 31 heteroatoms. The van der Waals surface area contributed by atoms with E-state index in [1.54, 1.807) is 7.11 Å². The molecule has 0 radical (unpaired) electrons. The van der Waals surface area contributed by atoms with Crippen LogP contribution in [0.4, 0.5) is 30.8 Å². The van der Waals surface area contributed by atoms with Crippen molar-refractivity contribution in [3.63, 3.8) is 0 Å². The summed E-state index contributed by atoms with van der Waals surface area (Å²) in [5, 5.41) is 4.61. The molecule has 2 saturated heterocycles. The summed E-state index contributed by atoms with van der Waals surface area (Å²) >= 11 is 0. The van der Waals surface area contributed by atoms with E-state index in [0.29, 0.717) is 5.75 Å². The lowest BCUT2D eigenvalue weighted by Crippen LogP contribution is -2.51. The fourth-order valence-corrected chi connectivity index (χ4v) is 12.9. The molecule has 1 unspecified atom stereocenters. The maximum atomic E-state index is 16.2. The van der Waals surface area contributed by atoms with Crippen LogP contribution < -0.4 is 15.4 Å². The van der Waals surface area contributed by atoms with E-state index in [0.717, 1.165) is 23.0 Å². The molecule has 3 aromatic carbocycles. The van der Waals surface area contributed by atoms with Gasteiger partial charge in [0.25, 0.3) is 0 Å². The fraction of sp³-hybridized carbons (Fsp3) is 0.354. The fourth-order valence-electron chi connectivity index (χ4n) is 10.2. The number of nitrogens with zero attached hydrogens (tertiary/aromatic N) is 8. The maximum absolute atomic E-state index is 16.2. The van der Waals surface area contributed by atoms with Gasteiger partial charge in [0.1, 0.15) is 74.8 Å². The van der Waals surface area contributed by atoms with E-state index in [9.17, 15) is 19.2 Å². The first-order valence-electron chi connectivity index (χ1n) is 30.1. The van der Waals surface area contributed by atoms with Crippen LogP contribution in [0.2, 0.25) is 18.1 Å². The topological polar surface area (TPSA) is 326 Å². The van der Waals surface area contributed by atoms with Crippen LogP contribution in [0.15, 0.2) is 174 Å². The number of phosphoric ester groups is 1. The summed E-state index contributed by atoms with van der Waals surface area (Å²) in [6.45, 7) is 25.9. The number of fused-ring (bicyclic) bond motifs is 2. The molecular formula is C65H75N10O19PSi. The smallest absolute Gasteiger partial charge is 0.497 e. The summed E-state index contributed by atoms with van der Waals surface area (Å²) in [5.41, 5.74) is 1.04. The van der Waals surface area contributed by atoms with E-state index in [1.807, 2.05) is 119 Å². The number of phosphoric acid groups is 1. The number of methoxy groups -OCH3 is 1. The van der Waals surface area contributed by atoms with E-state index >= 15 is 4.57 Å². The first kappa shape index (κ1) is 70.8. The molecule has 2 fully saturated rings. The van der Waals surface area contributed by atoms with Crippen LogP contribution in [0.25, 0.3) is 22.3 Å². The predicted octanol–water partition coefficient (Wildman–Crippen LogP) is 11.5. The van der Waals surface area contributed by atoms with Crippen molar-refractivity contribution in [3.8, 4) is 5.75 Å². The molecule has 9 atom stereocenters. The molecule has 96 heavy (non-hydrogen) atoms. The Hall–Kier alpha value is -9.49. The lowest BCUT2D eigenvalue weighted by atomic mass is 9.80. The molecule has 2 N–H and O–H groups in total. The van der Waals surface area contributed by atoms with Crippen molar-refractivity contribution in [1.82, 2.24) is 39.0 Å². The van der Waals surface area contributed by atoms with Gasteiger partial charge >= 0.3 is 32.3 Å². The van der Waals surface area contributed by atoms with E-state index in [-0.39, 0.29) is 67.0 Å². The van der Waals surface area contributed by atoms with Crippen LogP contribution in [-0.2, 0) is 70.8 Å². The number of nitrogens with one attached hydrogen (secondary N) is 2. The zero-order valence-corrected chi connectivity index (χ0v) is 55.6. The molecule has 0 saturated carbocycles. The third kappa shape index (κ3) is 16.2. The van der Waals surface area contributed by atoms with E-state index in [2.05, 4.69) is 73.4 Å². The second-order valence-electron chi connectivity index (χ2n) is 22.8. The minimum atomic E-state index is -5.16. The zero-order chi connectivity index (χ0) is 68.6. The van der Waals surface area contributed by atoms with Gasteiger partial charge in [-0.25, -0.2) is 53.6 Å². The second kappa shape index (κ2) is 31.8. The largest absolute Gasteiger partial charge is 0.509 e. The van der Waals surface area contributed by atoms with E-state index < -0.39 is 114 Å². The Balaban J connectivity index is 1.17. The number of imidazole rings is 2. The van der Waals surface area contributed by atoms with Crippen molar-refractivity contribution in [2.75, 3.05) is 64.0 Å². The van der Waals surface area contributed by atoms with Gasteiger partial charge in [-0.05, 0) is 47.0 Å². The first-order chi connectivity index (χ1) is 46.2. The van der Waals surface area contributed by atoms with E-state index in [4.69, 9.17) is 65.4 Å². The second-order valence-corrected chi connectivity index (χ2v) is 29.2. The molecule has 0 bridgehead atoms. The van der Waals surface area contributed by atoms with Crippen molar-refractivity contribution in [3.05, 3.63) is 190 Å². The Labute approximate surface area is 554 Å². The average Bonchev–Trinajstić information content (AvgIpc) is 1.59. The standard InChI is InChI=1S/C65H75N10O19PSi/c1-12-31-82-60(76)72-54-48-56(68-38-66-54)74(40-70-48)58-52(92-63(79)85-34-15-4)50(91-62(78)84-33-14-3)47(90-58)37-88-95(80,87-35-16-5)93-53-51(94-96(10,11)64(6,7)8)46(89-59(53)75-41-71-49-55(67-39-69-57(49)75)73-61(77)83-32-13-2)36-86-65(42-23-19-17-20-24-42,43-25-21-18-22-26-43)44-27-29-45(81-9)30-28-44/h12-30,38-41,46-47,50-53,58-59H,1-5,31-37H2,6-11H3,(H,66,68,72,76)(H,67,69,73,77)/t46-,47-,50-,51-,52-,53-,58-,59-,95?/m1/s1. The third-order valence-corrected chi connectivity index (χ3v) is 21.5. The lowest BCUT2D eigenvalue weighted by Gasteiger charge is -2.41. The van der Waals surface area contributed by atoms with Crippen LogP contribution >= 0.6 is 7.82 Å². The molecule has 0 aliphatic carbocycles.